The molecule has 0 N–H and O–H groups in total. The summed E-state index contributed by atoms with van der Waals surface area (Å²) in [7, 11) is 0. The van der Waals surface area contributed by atoms with Gasteiger partial charge in [-0.05, 0) is 30.7 Å². The monoisotopic (exact) mass is 304 g/mol. The van der Waals surface area contributed by atoms with Crippen molar-refractivity contribution in [2.45, 2.75) is 13.3 Å². The van der Waals surface area contributed by atoms with Gasteiger partial charge in [0, 0.05) is 29.6 Å². The Bertz CT molecular complexity index is 621. The fourth-order valence-electron chi connectivity index (χ4n) is 2.46. The van der Waals surface area contributed by atoms with Gasteiger partial charge in [0.15, 0.2) is 0 Å². The van der Waals surface area contributed by atoms with Gasteiger partial charge in [-0.1, -0.05) is 12.1 Å². The minimum absolute atomic E-state index is 0.196. The van der Waals surface area contributed by atoms with Crippen LogP contribution in [0.2, 0.25) is 0 Å². The normalized spacial score (nSPS) is 18.8. The Morgan fingerprint density at radius 2 is 2.15 bits per heavy atom. The zero-order valence-electron chi connectivity index (χ0n) is 11.2. The third-order valence-corrected chi connectivity index (χ3v) is 4.85. The van der Waals surface area contributed by atoms with Crippen molar-refractivity contribution in [2.24, 2.45) is 5.92 Å². The lowest BCUT2D eigenvalue weighted by Crippen LogP contribution is -2.24. The first-order chi connectivity index (χ1) is 9.67. The molecule has 2 heterocycles. The molecule has 1 aromatic carbocycles. The van der Waals surface area contributed by atoms with E-state index < -0.39 is 0 Å². The van der Waals surface area contributed by atoms with Crippen LogP contribution in [0.15, 0.2) is 29.6 Å². The number of rotatable bonds is 3. The minimum Gasteiger partial charge on any atom is -0.312 e. The van der Waals surface area contributed by atoms with Crippen LogP contribution in [0.5, 0.6) is 0 Å². The molecule has 1 aromatic heterocycles. The van der Waals surface area contributed by atoms with E-state index in [-0.39, 0.29) is 5.91 Å². The summed E-state index contributed by atoms with van der Waals surface area (Å²) in [6, 6.07) is 8.07. The molecule has 0 spiro atoms. The molecule has 2 aromatic rings. The number of aromatic nitrogens is 1. The SMILES string of the molecule is Cc1nc(-c2ccc(N3CC(CS)CC3=O)cc2)cs1. The highest BCUT2D eigenvalue weighted by atomic mass is 32.1. The van der Waals surface area contributed by atoms with Crippen molar-refractivity contribution in [3.05, 3.63) is 34.7 Å². The summed E-state index contributed by atoms with van der Waals surface area (Å²) < 4.78 is 0. The molecule has 0 radical (unpaired) electrons. The van der Waals surface area contributed by atoms with Gasteiger partial charge in [0.1, 0.15) is 0 Å². The molecule has 1 fully saturated rings. The number of benzene rings is 1. The van der Waals surface area contributed by atoms with E-state index in [2.05, 4.69) is 23.0 Å². The Morgan fingerprint density at radius 3 is 2.70 bits per heavy atom. The van der Waals surface area contributed by atoms with Gasteiger partial charge in [-0.25, -0.2) is 4.98 Å². The predicted molar refractivity (Wildman–Crippen MR) is 86.6 cm³/mol. The molecule has 1 saturated heterocycles. The van der Waals surface area contributed by atoms with Gasteiger partial charge in [-0.2, -0.15) is 12.6 Å². The highest BCUT2D eigenvalue weighted by molar-refractivity contribution is 7.80. The Morgan fingerprint density at radius 1 is 1.40 bits per heavy atom. The molecule has 20 heavy (non-hydrogen) atoms. The van der Waals surface area contributed by atoms with Gasteiger partial charge in [0.2, 0.25) is 5.91 Å². The fraction of sp³-hybridized carbons (Fsp3) is 0.333. The number of thiazole rings is 1. The smallest absolute Gasteiger partial charge is 0.227 e. The van der Waals surface area contributed by atoms with Crippen LogP contribution in [0.25, 0.3) is 11.3 Å². The molecule has 0 aliphatic carbocycles. The van der Waals surface area contributed by atoms with E-state index in [9.17, 15) is 4.79 Å². The van der Waals surface area contributed by atoms with Crippen LogP contribution in [0, 0.1) is 12.8 Å². The number of amides is 1. The highest BCUT2D eigenvalue weighted by Gasteiger charge is 2.29. The van der Waals surface area contributed by atoms with Crippen molar-refractivity contribution in [1.29, 1.82) is 0 Å². The molecule has 0 bridgehead atoms. The highest BCUT2D eigenvalue weighted by Crippen LogP contribution is 2.28. The lowest BCUT2D eigenvalue weighted by molar-refractivity contribution is -0.117. The van der Waals surface area contributed by atoms with Gasteiger partial charge in [-0.3, -0.25) is 4.79 Å². The van der Waals surface area contributed by atoms with Crippen molar-refractivity contribution >= 4 is 35.6 Å². The first-order valence-corrected chi connectivity index (χ1v) is 8.12. The van der Waals surface area contributed by atoms with E-state index in [4.69, 9.17) is 0 Å². The average molecular weight is 304 g/mol. The van der Waals surface area contributed by atoms with Crippen LogP contribution in [0.1, 0.15) is 11.4 Å². The second-order valence-corrected chi connectivity index (χ2v) is 6.48. The summed E-state index contributed by atoms with van der Waals surface area (Å²) in [4.78, 5) is 18.3. The number of hydrogen-bond donors (Lipinski definition) is 1. The molecule has 3 nitrogen and oxygen atoms in total. The lowest BCUT2D eigenvalue weighted by atomic mass is 10.1. The van der Waals surface area contributed by atoms with E-state index in [1.807, 2.05) is 36.1 Å². The predicted octanol–water partition coefficient (Wildman–Crippen LogP) is 3.40. The summed E-state index contributed by atoms with van der Waals surface area (Å²) in [6.07, 6.45) is 0.608. The topological polar surface area (TPSA) is 33.2 Å². The number of aryl methyl sites for hydroxylation is 1. The third-order valence-electron chi connectivity index (χ3n) is 3.56. The second kappa shape index (κ2) is 5.58. The average Bonchev–Trinajstić information content (AvgIpc) is 3.05. The van der Waals surface area contributed by atoms with E-state index in [1.54, 1.807) is 11.3 Å². The van der Waals surface area contributed by atoms with E-state index in [0.29, 0.717) is 12.3 Å². The Balaban J connectivity index is 1.81. The number of carbonyl (C=O) groups is 1. The van der Waals surface area contributed by atoms with Crippen molar-refractivity contribution in [2.75, 3.05) is 17.2 Å². The van der Waals surface area contributed by atoms with E-state index in [0.717, 1.165) is 34.2 Å². The van der Waals surface area contributed by atoms with Gasteiger partial charge >= 0.3 is 0 Å². The van der Waals surface area contributed by atoms with Gasteiger partial charge in [0.25, 0.3) is 0 Å². The maximum Gasteiger partial charge on any atom is 0.227 e. The third kappa shape index (κ3) is 2.60. The summed E-state index contributed by atoms with van der Waals surface area (Å²) >= 11 is 5.94. The second-order valence-electron chi connectivity index (χ2n) is 5.06. The largest absolute Gasteiger partial charge is 0.312 e. The molecular formula is C15H16N2OS2. The lowest BCUT2D eigenvalue weighted by Gasteiger charge is -2.16. The summed E-state index contributed by atoms with van der Waals surface area (Å²) in [5.74, 6) is 1.33. The van der Waals surface area contributed by atoms with Gasteiger partial charge < -0.3 is 4.90 Å². The van der Waals surface area contributed by atoms with Crippen molar-refractivity contribution < 1.29 is 4.79 Å². The number of carbonyl (C=O) groups excluding carboxylic acids is 1. The molecule has 3 rings (SSSR count). The summed E-state index contributed by atoms with van der Waals surface area (Å²) in [5, 5.41) is 3.12. The molecule has 1 aliphatic heterocycles. The number of anilines is 1. The van der Waals surface area contributed by atoms with Crippen molar-refractivity contribution in [3.63, 3.8) is 0 Å². The van der Waals surface area contributed by atoms with Crippen LogP contribution < -0.4 is 4.90 Å². The number of hydrogen-bond acceptors (Lipinski definition) is 4. The van der Waals surface area contributed by atoms with Gasteiger partial charge in [-0.15, -0.1) is 11.3 Å². The van der Waals surface area contributed by atoms with Crippen LogP contribution in [-0.4, -0.2) is 23.2 Å². The Kier molecular flexibility index (Phi) is 3.81. The molecule has 104 valence electrons. The maximum absolute atomic E-state index is 12.0. The fourth-order valence-corrected chi connectivity index (χ4v) is 3.33. The van der Waals surface area contributed by atoms with Gasteiger partial charge in [0.05, 0.1) is 10.7 Å². The molecule has 1 atom stereocenters. The number of thiol groups is 1. The van der Waals surface area contributed by atoms with Crippen molar-refractivity contribution in [1.82, 2.24) is 4.98 Å². The molecule has 5 heteroatoms. The zero-order chi connectivity index (χ0) is 14.1. The van der Waals surface area contributed by atoms with E-state index in [1.165, 1.54) is 0 Å². The standard InChI is InChI=1S/C15H16N2OS2/c1-10-16-14(9-20-10)12-2-4-13(5-3-12)17-7-11(8-19)6-15(17)18/h2-5,9,11,19H,6-8H2,1H3. The van der Waals surface area contributed by atoms with Crippen molar-refractivity contribution in [3.8, 4) is 11.3 Å². The van der Waals surface area contributed by atoms with Crippen LogP contribution in [0.3, 0.4) is 0 Å². The Hall–Kier alpha value is -1.33. The summed E-state index contributed by atoms with van der Waals surface area (Å²) in [6.45, 7) is 2.78. The van der Waals surface area contributed by atoms with Crippen LogP contribution >= 0.6 is 24.0 Å². The van der Waals surface area contributed by atoms with E-state index >= 15 is 0 Å². The molecule has 0 saturated carbocycles. The minimum atomic E-state index is 0.196. The first-order valence-electron chi connectivity index (χ1n) is 6.61. The molecule has 1 amide bonds. The number of nitrogens with zero attached hydrogens (tertiary/aromatic N) is 2. The Labute approximate surface area is 128 Å². The zero-order valence-corrected chi connectivity index (χ0v) is 13.0. The molecule has 1 unspecified atom stereocenters. The quantitative estimate of drug-likeness (QED) is 0.882. The molecule has 1 aliphatic rings. The van der Waals surface area contributed by atoms with Crippen LogP contribution in [0.4, 0.5) is 5.69 Å². The van der Waals surface area contributed by atoms with Crippen LogP contribution in [-0.2, 0) is 4.79 Å². The molecular weight excluding hydrogens is 288 g/mol. The summed E-state index contributed by atoms with van der Waals surface area (Å²) in [5.41, 5.74) is 3.06. The maximum atomic E-state index is 12.0. The first kappa shape index (κ1) is 13.6.